The molecular formula is C14H17F5O3. The van der Waals surface area contributed by atoms with Crippen LogP contribution in [0.2, 0.25) is 0 Å². The average Bonchev–Trinajstić information content (AvgIpc) is 2.75. The largest absolute Gasteiger partial charge is 0.469 e. The Morgan fingerprint density at radius 2 is 1.86 bits per heavy atom. The molecule has 0 saturated heterocycles. The number of ketones is 1. The van der Waals surface area contributed by atoms with Crippen molar-refractivity contribution in [1.29, 1.82) is 0 Å². The summed E-state index contributed by atoms with van der Waals surface area (Å²) in [7, 11) is 0. The van der Waals surface area contributed by atoms with E-state index in [1.165, 1.54) is 0 Å². The normalized spacial score (nSPS) is 23.3. The monoisotopic (exact) mass is 328 g/mol. The molecule has 3 nitrogen and oxygen atoms in total. The van der Waals surface area contributed by atoms with Crippen molar-refractivity contribution in [1.82, 2.24) is 0 Å². The van der Waals surface area contributed by atoms with E-state index in [2.05, 4.69) is 4.74 Å². The lowest BCUT2D eigenvalue weighted by molar-refractivity contribution is -0.333. The summed E-state index contributed by atoms with van der Waals surface area (Å²) >= 11 is 0. The number of ether oxygens (including phenoxy) is 1. The summed E-state index contributed by atoms with van der Waals surface area (Å²) in [5.41, 5.74) is 0. The van der Waals surface area contributed by atoms with Gasteiger partial charge >= 0.3 is 18.0 Å². The van der Waals surface area contributed by atoms with E-state index in [0.717, 1.165) is 0 Å². The number of hydrogen-bond acceptors (Lipinski definition) is 3. The molecular weight excluding hydrogens is 311 g/mol. The van der Waals surface area contributed by atoms with E-state index in [1.807, 2.05) is 0 Å². The third-order valence-electron chi connectivity index (χ3n) is 3.59. The standard InChI is InChI=1S/C14H17F5O3/c1-2-3-4-9-5-11(20)6-10(9)7-12(21)22-14(18,19)13(16,17)8-15/h2-3,9-10H,4-8H2,1H3/b3-2+. The van der Waals surface area contributed by atoms with E-state index in [1.54, 1.807) is 19.1 Å². The molecule has 0 aliphatic heterocycles. The molecule has 1 rings (SSSR count). The SMILES string of the molecule is C/C=C/CC1CC(=O)CC1CC(=O)OC(F)(F)C(F)(F)CF. The number of esters is 1. The van der Waals surface area contributed by atoms with Gasteiger partial charge in [-0.2, -0.15) is 17.6 Å². The predicted molar refractivity (Wildman–Crippen MR) is 67.2 cm³/mol. The maximum atomic E-state index is 13.0. The van der Waals surface area contributed by atoms with Crippen molar-refractivity contribution in [3.05, 3.63) is 12.2 Å². The van der Waals surface area contributed by atoms with Gasteiger partial charge in [0.2, 0.25) is 0 Å². The number of carbonyl (C=O) groups excluding carboxylic acids is 2. The molecule has 0 spiro atoms. The van der Waals surface area contributed by atoms with E-state index in [4.69, 9.17) is 0 Å². The highest BCUT2D eigenvalue weighted by atomic mass is 19.3. The molecule has 0 heterocycles. The van der Waals surface area contributed by atoms with Crippen molar-refractivity contribution in [2.75, 3.05) is 6.67 Å². The zero-order valence-electron chi connectivity index (χ0n) is 12.0. The highest BCUT2D eigenvalue weighted by Gasteiger charge is 2.60. The summed E-state index contributed by atoms with van der Waals surface area (Å²) < 4.78 is 66.6. The second-order valence-corrected chi connectivity index (χ2v) is 5.30. The lowest BCUT2D eigenvalue weighted by Crippen LogP contribution is -2.46. The van der Waals surface area contributed by atoms with Gasteiger partial charge in [0.25, 0.3) is 0 Å². The number of rotatable bonds is 7. The molecule has 2 unspecified atom stereocenters. The van der Waals surface area contributed by atoms with Crippen molar-refractivity contribution in [2.45, 2.75) is 44.6 Å². The molecule has 0 amide bonds. The van der Waals surface area contributed by atoms with Gasteiger partial charge in [0.05, 0.1) is 0 Å². The molecule has 22 heavy (non-hydrogen) atoms. The molecule has 8 heteroatoms. The summed E-state index contributed by atoms with van der Waals surface area (Å²) in [6.07, 6.45) is -1.56. The first-order valence-corrected chi connectivity index (χ1v) is 6.79. The van der Waals surface area contributed by atoms with E-state index in [0.29, 0.717) is 6.42 Å². The summed E-state index contributed by atoms with van der Waals surface area (Å²) in [5.74, 6) is -7.51. The fourth-order valence-corrected chi connectivity index (χ4v) is 2.38. The van der Waals surface area contributed by atoms with Crippen molar-refractivity contribution >= 4 is 11.8 Å². The Hall–Kier alpha value is -1.47. The average molecular weight is 328 g/mol. The Kier molecular flexibility index (Phi) is 6.08. The van der Waals surface area contributed by atoms with Gasteiger partial charge in [-0.3, -0.25) is 9.59 Å². The first-order chi connectivity index (χ1) is 10.1. The van der Waals surface area contributed by atoms with Crippen LogP contribution < -0.4 is 0 Å². The van der Waals surface area contributed by atoms with Gasteiger partial charge in [0.1, 0.15) is 5.78 Å². The maximum absolute atomic E-state index is 13.0. The van der Waals surface area contributed by atoms with Crippen molar-refractivity contribution in [3.63, 3.8) is 0 Å². The molecule has 126 valence electrons. The third kappa shape index (κ3) is 4.51. The van der Waals surface area contributed by atoms with Crippen LogP contribution in [0.5, 0.6) is 0 Å². The molecule has 1 fully saturated rings. The molecule has 2 atom stereocenters. The minimum absolute atomic E-state index is 0.0163. The van der Waals surface area contributed by atoms with Gasteiger partial charge in [-0.15, -0.1) is 0 Å². The summed E-state index contributed by atoms with van der Waals surface area (Å²) in [4.78, 5) is 22.8. The van der Waals surface area contributed by atoms with Crippen LogP contribution >= 0.6 is 0 Å². The molecule has 0 radical (unpaired) electrons. The number of hydrogen-bond donors (Lipinski definition) is 0. The van der Waals surface area contributed by atoms with Crippen LogP contribution in [0.25, 0.3) is 0 Å². The van der Waals surface area contributed by atoms with Crippen LogP contribution in [0.4, 0.5) is 22.0 Å². The highest BCUT2D eigenvalue weighted by Crippen LogP contribution is 2.38. The molecule has 1 aliphatic carbocycles. The van der Waals surface area contributed by atoms with Gasteiger partial charge in [0, 0.05) is 19.3 Å². The first kappa shape index (κ1) is 18.6. The zero-order valence-corrected chi connectivity index (χ0v) is 12.0. The van der Waals surface area contributed by atoms with Gasteiger partial charge in [0.15, 0.2) is 6.67 Å². The Labute approximate surface area is 124 Å². The Morgan fingerprint density at radius 3 is 2.41 bits per heavy atom. The first-order valence-electron chi connectivity index (χ1n) is 6.79. The second-order valence-electron chi connectivity index (χ2n) is 5.30. The highest BCUT2D eigenvalue weighted by molar-refractivity contribution is 5.82. The Bertz CT molecular complexity index is 448. The summed E-state index contributed by atoms with van der Waals surface area (Å²) in [5, 5.41) is 0. The van der Waals surface area contributed by atoms with Crippen molar-refractivity contribution < 1.29 is 36.3 Å². The lowest BCUT2D eigenvalue weighted by Gasteiger charge is -2.24. The Morgan fingerprint density at radius 1 is 1.27 bits per heavy atom. The number of Topliss-reactive ketones (excluding diaryl/α,β-unsaturated/α-hetero) is 1. The van der Waals surface area contributed by atoms with Crippen molar-refractivity contribution in [3.8, 4) is 0 Å². The van der Waals surface area contributed by atoms with Gasteiger partial charge in [-0.05, 0) is 25.2 Å². The number of alkyl halides is 5. The van der Waals surface area contributed by atoms with Crippen LogP contribution in [0.3, 0.4) is 0 Å². The molecule has 0 aromatic heterocycles. The minimum atomic E-state index is -5.21. The molecule has 0 aromatic carbocycles. The van der Waals surface area contributed by atoms with Gasteiger partial charge in [-0.25, -0.2) is 4.39 Å². The van der Waals surface area contributed by atoms with E-state index >= 15 is 0 Å². The number of carbonyl (C=O) groups is 2. The minimum Gasteiger partial charge on any atom is -0.396 e. The molecule has 1 saturated carbocycles. The van der Waals surface area contributed by atoms with Gasteiger partial charge < -0.3 is 4.74 Å². The molecule has 0 N–H and O–H groups in total. The van der Waals surface area contributed by atoms with Crippen LogP contribution in [-0.4, -0.2) is 30.5 Å². The van der Waals surface area contributed by atoms with Crippen LogP contribution in [0, 0.1) is 11.8 Å². The lowest BCUT2D eigenvalue weighted by atomic mass is 9.90. The van der Waals surface area contributed by atoms with Crippen LogP contribution in [0.15, 0.2) is 12.2 Å². The maximum Gasteiger partial charge on any atom is 0.469 e. The third-order valence-corrected chi connectivity index (χ3v) is 3.59. The fraction of sp³-hybridized carbons (Fsp3) is 0.714. The summed E-state index contributed by atoms with van der Waals surface area (Å²) in [6.45, 7) is -0.876. The summed E-state index contributed by atoms with van der Waals surface area (Å²) in [6, 6.07) is 0. The zero-order chi connectivity index (χ0) is 17.0. The second kappa shape index (κ2) is 7.19. The topological polar surface area (TPSA) is 43.4 Å². The Balaban J connectivity index is 2.65. The van der Waals surface area contributed by atoms with E-state index in [-0.39, 0.29) is 24.5 Å². The quantitative estimate of drug-likeness (QED) is 0.407. The van der Waals surface area contributed by atoms with E-state index in [9.17, 15) is 31.5 Å². The number of allylic oxidation sites excluding steroid dienone is 2. The van der Waals surface area contributed by atoms with Gasteiger partial charge in [-0.1, -0.05) is 12.2 Å². The van der Waals surface area contributed by atoms with Crippen LogP contribution in [-0.2, 0) is 14.3 Å². The molecule has 1 aliphatic rings. The molecule has 0 aromatic rings. The fourth-order valence-electron chi connectivity index (χ4n) is 2.38. The van der Waals surface area contributed by atoms with Crippen LogP contribution in [0.1, 0.15) is 32.6 Å². The predicted octanol–water partition coefficient (Wildman–Crippen LogP) is 3.68. The van der Waals surface area contributed by atoms with Crippen molar-refractivity contribution in [2.24, 2.45) is 11.8 Å². The smallest absolute Gasteiger partial charge is 0.396 e. The van der Waals surface area contributed by atoms with E-state index < -0.39 is 37.0 Å². The molecule has 0 bridgehead atoms. The number of halogens is 5.